The van der Waals surface area contributed by atoms with E-state index < -0.39 is 6.55 Å². The summed E-state index contributed by atoms with van der Waals surface area (Å²) < 4.78 is 24.4. The van der Waals surface area contributed by atoms with E-state index >= 15 is 0 Å². The maximum atomic E-state index is 12.2. The Morgan fingerprint density at radius 3 is 2.57 bits per heavy atom. The van der Waals surface area contributed by atoms with Crippen molar-refractivity contribution in [2.24, 2.45) is 0 Å². The van der Waals surface area contributed by atoms with Crippen molar-refractivity contribution in [2.75, 3.05) is 0 Å². The summed E-state index contributed by atoms with van der Waals surface area (Å²) in [7, 11) is 0. The first-order valence-corrected chi connectivity index (χ1v) is 4.97. The van der Waals surface area contributed by atoms with Crippen LogP contribution in [0.15, 0.2) is 6.20 Å². The fourth-order valence-electron chi connectivity index (χ4n) is 1.97. The van der Waals surface area contributed by atoms with Crippen LogP contribution in [0.5, 0.6) is 0 Å². The minimum absolute atomic E-state index is 0.344. The second-order valence-corrected chi connectivity index (χ2v) is 3.70. The van der Waals surface area contributed by atoms with E-state index in [9.17, 15) is 8.78 Å². The molecule has 1 heterocycles. The Morgan fingerprint density at radius 2 is 2.00 bits per heavy atom. The standard InChI is InChI=1S/C9H13F2N3/c10-9(11)14-12-6-8(13-14)7-4-2-1-3-5-7/h6-7,9H,1-5H2. The van der Waals surface area contributed by atoms with Crippen LogP contribution in [0.2, 0.25) is 0 Å². The molecule has 5 heteroatoms. The van der Waals surface area contributed by atoms with Crippen LogP contribution >= 0.6 is 0 Å². The Hall–Kier alpha value is -1.00. The summed E-state index contributed by atoms with van der Waals surface area (Å²) >= 11 is 0. The van der Waals surface area contributed by atoms with Gasteiger partial charge in [0.05, 0.1) is 11.9 Å². The normalized spacial score (nSPS) is 19.1. The van der Waals surface area contributed by atoms with Crippen LogP contribution in [-0.4, -0.2) is 15.0 Å². The number of halogens is 2. The fraction of sp³-hybridized carbons (Fsp3) is 0.778. The molecule has 0 saturated heterocycles. The fourth-order valence-corrected chi connectivity index (χ4v) is 1.97. The molecular weight excluding hydrogens is 188 g/mol. The van der Waals surface area contributed by atoms with Crippen molar-refractivity contribution >= 4 is 0 Å². The van der Waals surface area contributed by atoms with Gasteiger partial charge in [0, 0.05) is 5.92 Å². The molecule has 78 valence electrons. The molecule has 1 aliphatic carbocycles. The Morgan fingerprint density at radius 1 is 1.29 bits per heavy atom. The van der Waals surface area contributed by atoms with Crippen molar-refractivity contribution < 1.29 is 8.78 Å². The van der Waals surface area contributed by atoms with Gasteiger partial charge in [0.25, 0.3) is 0 Å². The first kappa shape index (κ1) is 9.55. The summed E-state index contributed by atoms with van der Waals surface area (Å²) in [6, 6.07) is 0. The van der Waals surface area contributed by atoms with E-state index in [-0.39, 0.29) is 0 Å². The summed E-state index contributed by atoms with van der Waals surface area (Å²) in [4.78, 5) is 0.490. The van der Waals surface area contributed by atoms with Gasteiger partial charge in [0.1, 0.15) is 0 Å². The smallest absolute Gasteiger partial charge is 0.182 e. The van der Waals surface area contributed by atoms with E-state index in [0.717, 1.165) is 18.5 Å². The minimum atomic E-state index is -2.62. The van der Waals surface area contributed by atoms with E-state index in [1.807, 2.05) is 0 Å². The molecule has 1 aliphatic rings. The van der Waals surface area contributed by atoms with Crippen molar-refractivity contribution in [1.29, 1.82) is 0 Å². The number of rotatable bonds is 2. The zero-order valence-corrected chi connectivity index (χ0v) is 7.87. The molecule has 0 unspecified atom stereocenters. The molecule has 0 N–H and O–H groups in total. The second kappa shape index (κ2) is 4.02. The van der Waals surface area contributed by atoms with Crippen molar-refractivity contribution in [2.45, 2.75) is 44.6 Å². The summed E-state index contributed by atoms with van der Waals surface area (Å²) in [5.74, 6) is 0.344. The molecular formula is C9H13F2N3. The number of alkyl halides is 2. The monoisotopic (exact) mass is 201 g/mol. The van der Waals surface area contributed by atoms with Gasteiger partial charge in [-0.25, -0.2) is 0 Å². The average molecular weight is 201 g/mol. The van der Waals surface area contributed by atoms with Crippen molar-refractivity contribution in [1.82, 2.24) is 15.0 Å². The minimum Gasteiger partial charge on any atom is -0.182 e. The number of aromatic nitrogens is 3. The number of nitrogens with zero attached hydrogens (tertiary/aromatic N) is 3. The summed E-state index contributed by atoms with van der Waals surface area (Å²) in [5, 5.41) is 7.34. The van der Waals surface area contributed by atoms with Gasteiger partial charge >= 0.3 is 6.55 Å². The predicted molar refractivity (Wildman–Crippen MR) is 47.1 cm³/mol. The predicted octanol–water partition coefficient (Wildman–Crippen LogP) is 2.72. The molecule has 0 radical (unpaired) electrons. The lowest BCUT2D eigenvalue weighted by Gasteiger charge is -2.18. The molecule has 0 atom stereocenters. The molecule has 0 bridgehead atoms. The van der Waals surface area contributed by atoms with Gasteiger partial charge in [-0.2, -0.15) is 19.0 Å². The largest absolute Gasteiger partial charge is 0.348 e. The summed E-state index contributed by atoms with van der Waals surface area (Å²) in [6.45, 7) is -2.62. The van der Waals surface area contributed by atoms with Gasteiger partial charge in [-0.3, -0.25) is 0 Å². The third-order valence-corrected chi connectivity index (χ3v) is 2.72. The first-order chi connectivity index (χ1) is 6.77. The molecule has 3 nitrogen and oxygen atoms in total. The van der Waals surface area contributed by atoms with Crippen molar-refractivity contribution in [3.63, 3.8) is 0 Å². The molecule has 0 amide bonds. The zero-order valence-electron chi connectivity index (χ0n) is 7.87. The van der Waals surface area contributed by atoms with Gasteiger partial charge in [-0.15, -0.1) is 4.80 Å². The maximum absolute atomic E-state index is 12.2. The van der Waals surface area contributed by atoms with Crippen LogP contribution in [0.4, 0.5) is 8.78 Å². The van der Waals surface area contributed by atoms with Crippen molar-refractivity contribution in [3.05, 3.63) is 11.9 Å². The lowest BCUT2D eigenvalue weighted by atomic mass is 9.87. The van der Waals surface area contributed by atoms with E-state index in [1.54, 1.807) is 0 Å². The van der Waals surface area contributed by atoms with Gasteiger partial charge in [0.2, 0.25) is 0 Å². The van der Waals surface area contributed by atoms with Gasteiger partial charge in [-0.05, 0) is 12.8 Å². The van der Waals surface area contributed by atoms with Gasteiger partial charge in [0.15, 0.2) is 0 Å². The van der Waals surface area contributed by atoms with Crippen LogP contribution in [0, 0.1) is 0 Å². The van der Waals surface area contributed by atoms with Crippen LogP contribution in [0.25, 0.3) is 0 Å². The lowest BCUT2D eigenvalue weighted by molar-refractivity contribution is 0.0407. The molecule has 1 aromatic rings. The third-order valence-electron chi connectivity index (χ3n) is 2.72. The molecule has 1 saturated carbocycles. The third kappa shape index (κ3) is 1.91. The van der Waals surface area contributed by atoms with Crippen LogP contribution in [0.1, 0.15) is 50.3 Å². The zero-order chi connectivity index (χ0) is 9.97. The Balaban J connectivity index is 2.07. The molecule has 14 heavy (non-hydrogen) atoms. The van der Waals surface area contributed by atoms with E-state index in [0.29, 0.717) is 10.7 Å². The number of hydrogen-bond donors (Lipinski definition) is 0. The highest BCUT2D eigenvalue weighted by atomic mass is 19.3. The highest BCUT2D eigenvalue weighted by Crippen LogP contribution is 2.31. The Kier molecular flexibility index (Phi) is 2.74. The number of hydrogen-bond acceptors (Lipinski definition) is 2. The molecule has 0 spiro atoms. The quantitative estimate of drug-likeness (QED) is 0.736. The molecule has 1 aromatic heterocycles. The highest BCUT2D eigenvalue weighted by molar-refractivity contribution is 5.02. The summed E-state index contributed by atoms with van der Waals surface area (Å²) in [6.07, 6.45) is 7.18. The Bertz CT molecular complexity index is 292. The molecule has 0 aliphatic heterocycles. The molecule has 0 aromatic carbocycles. The van der Waals surface area contributed by atoms with E-state index in [1.165, 1.54) is 25.5 Å². The van der Waals surface area contributed by atoms with E-state index in [4.69, 9.17) is 0 Å². The maximum Gasteiger partial charge on any atom is 0.348 e. The highest BCUT2D eigenvalue weighted by Gasteiger charge is 2.19. The molecule has 2 rings (SSSR count). The SMILES string of the molecule is FC(F)n1ncc(C2CCCCC2)n1. The van der Waals surface area contributed by atoms with Crippen LogP contribution < -0.4 is 0 Å². The Labute approximate surface area is 81.1 Å². The lowest BCUT2D eigenvalue weighted by Crippen LogP contribution is -2.07. The second-order valence-electron chi connectivity index (χ2n) is 3.70. The van der Waals surface area contributed by atoms with Crippen LogP contribution in [0.3, 0.4) is 0 Å². The molecule has 1 fully saturated rings. The van der Waals surface area contributed by atoms with E-state index in [2.05, 4.69) is 10.2 Å². The average Bonchev–Trinajstić information content (AvgIpc) is 2.68. The van der Waals surface area contributed by atoms with Crippen molar-refractivity contribution in [3.8, 4) is 0 Å². The van der Waals surface area contributed by atoms with Crippen LogP contribution in [-0.2, 0) is 0 Å². The van der Waals surface area contributed by atoms with Gasteiger partial charge < -0.3 is 0 Å². The summed E-state index contributed by atoms with van der Waals surface area (Å²) in [5.41, 5.74) is 0.727. The first-order valence-electron chi connectivity index (χ1n) is 4.97. The topological polar surface area (TPSA) is 30.7 Å². The van der Waals surface area contributed by atoms with Gasteiger partial charge in [-0.1, -0.05) is 19.3 Å².